The number of fused-ring (bicyclic) bond motifs is 1. The molecular weight excluding hydrogens is 400 g/mol. The van der Waals surface area contributed by atoms with Crippen LogP contribution in [-0.4, -0.2) is 38.5 Å². The van der Waals surface area contributed by atoms with Gasteiger partial charge in [0.2, 0.25) is 0 Å². The first-order chi connectivity index (χ1) is 15.5. The van der Waals surface area contributed by atoms with E-state index in [2.05, 4.69) is 50.3 Å². The minimum absolute atomic E-state index is 0.0969. The maximum atomic E-state index is 12.3. The third kappa shape index (κ3) is 3.75. The van der Waals surface area contributed by atoms with Crippen molar-refractivity contribution in [1.29, 1.82) is 0 Å². The van der Waals surface area contributed by atoms with E-state index in [9.17, 15) is 4.79 Å². The highest BCUT2D eigenvalue weighted by atomic mass is 16.1. The van der Waals surface area contributed by atoms with Crippen molar-refractivity contribution >= 4 is 23.0 Å². The van der Waals surface area contributed by atoms with Gasteiger partial charge >= 0.3 is 0 Å². The molecule has 1 fully saturated rings. The van der Waals surface area contributed by atoms with Crippen LogP contribution in [0.4, 0.5) is 5.69 Å². The molecule has 3 aromatic heterocycles. The highest BCUT2D eigenvalue weighted by molar-refractivity contribution is 5.79. The van der Waals surface area contributed by atoms with Crippen molar-refractivity contribution in [1.82, 2.24) is 25.1 Å². The topological polar surface area (TPSA) is 87.7 Å². The fraction of sp³-hybridized carbons (Fsp3) is 0.320. The number of H-pyrrole nitrogens is 1. The first kappa shape index (κ1) is 20.3. The summed E-state index contributed by atoms with van der Waals surface area (Å²) in [6.45, 7) is 3.92. The summed E-state index contributed by atoms with van der Waals surface area (Å²) in [5.41, 5.74) is 7.28. The standard InChI is InChI=1S/C25H26N6O/c1-15-4-9-23(30-29-15)22-11-8-19(16(2)28-22)25(20(13-32)17-5-6-17)31(3)18-7-10-21-24(12-18)27-14-26-21/h4,7-14,17,20,25H,5-6H2,1-3H3,(H,26,27)/t20-,25+/m1/s1. The number of aromatic nitrogens is 5. The normalized spacial score (nSPS) is 15.5. The first-order valence-electron chi connectivity index (χ1n) is 10.9. The number of carbonyl (C=O) groups is 1. The van der Waals surface area contributed by atoms with Crippen molar-refractivity contribution in [2.75, 3.05) is 11.9 Å². The van der Waals surface area contributed by atoms with Gasteiger partial charge in [-0.3, -0.25) is 4.98 Å². The number of hydrogen-bond acceptors (Lipinski definition) is 6. The Bertz CT molecular complexity index is 1260. The zero-order valence-corrected chi connectivity index (χ0v) is 18.5. The molecule has 4 aromatic rings. The van der Waals surface area contributed by atoms with Crippen LogP contribution in [0.1, 0.15) is 35.8 Å². The Labute approximate surface area is 186 Å². The van der Waals surface area contributed by atoms with E-state index in [4.69, 9.17) is 4.98 Å². The van der Waals surface area contributed by atoms with Crippen molar-refractivity contribution in [2.45, 2.75) is 32.7 Å². The molecule has 162 valence electrons. The first-order valence-corrected chi connectivity index (χ1v) is 10.9. The van der Waals surface area contributed by atoms with E-state index in [1.165, 1.54) is 0 Å². The lowest BCUT2D eigenvalue weighted by molar-refractivity contribution is -0.112. The highest BCUT2D eigenvalue weighted by Gasteiger charge is 2.40. The monoisotopic (exact) mass is 426 g/mol. The molecule has 0 bridgehead atoms. The summed E-state index contributed by atoms with van der Waals surface area (Å²) in [4.78, 5) is 26.8. The van der Waals surface area contributed by atoms with Crippen LogP contribution in [0.25, 0.3) is 22.4 Å². The summed E-state index contributed by atoms with van der Waals surface area (Å²) >= 11 is 0. The van der Waals surface area contributed by atoms with Crippen LogP contribution in [0.15, 0.2) is 48.8 Å². The molecule has 0 aliphatic heterocycles. The lowest BCUT2D eigenvalue weighted by atomic mass is 9.87. The Morgan fingerprint density at radius 1 is 1.06 bits per heavy atom. The van der Waals surface area contributed by atoms with Crippen LogP contribution in [0.5, 0.6) is 0 Å². The predicted octanol–water partition coefficient (Wildman–Crippen LogP) is 4.43. The molecule has 32 heavy (non-hydrogen) atoms. The number of carbonyl (C=O) groups excluding carboxylic acids is 1. The molecule has 0 radical (unpaired) electrons. The van der Waals surface area contributed by atoms with Gasteiger partial charge < -0.3 is 14.7 Å². The highest BCUT2D eigenvalue weighted by Crippen LogP contribution is 2.45. The zero-order chi connectivity index (χ0) is 22.2. The molecule has 0 unspecified atom stereocenters. The SMILES string of the molecule is Cc1ccc(-c2ccc([C@@H]([C@H](C=O)C3CC3)N(C)c3ccc4[nH]cnc4c3)c(C)n2)nn1. The maximum Gasteiger partial charge on any atom is 0.125 e. The molecule has 1 saturated carbocycles. The summed E-state index contributed by atoms with van der Waals surface area (Å²) in [5.74, 6) is 0.316. The largest absolute Gasteiger partial charge is 0.367 e. The Hall–Kier alpha value is -3.61. The average molecular weight is 427 g/mol. The van der Waals surface area contributed by atoms with E-state index >= 15 is 0 Å². The van der Waals surface area contributed by atoms with Gasteiger partial charge in [0.05, 0.1) is 34.8 Å². The van der Waals surface area contributed by atoms with E-state index < -0.39 is 0 Å². The van der Waals surface area contributed by atoms with Crippen molar-refractivity contribution < 1.29 is 4.79 Å². The number of imidazole rings is 1. The lowest BCUT2D eigenvalue weighted by Gasteiger charge is -2.35. The minimum atomic E-state index is -0.109. The Balaban J connectivity index is 1.55. The molecule has 3 heterocycles. The molecular formula is C25H26N6O. The van der Waals surface area contributed by atoms with Crippen LogP contribution in [-0.2, 0) is 4.79 Å². The van der Waals surface area contributed by atoms with Gasteiger partial charge in [-0.05, 0) is 74.6 Å². The van der Waals surface area contributed by atoms with Crippen LogP contribution in [0, 0.1) is 25.7 Å². The van der Waals surface area contributed by atoms with E-state index in [-0.39, 0.29) is 12.0 Å². The summed E-state index contributed by atoms with van der Waals surface area (Å²) in [7, 11) is 2.05. The lowest BCUT2D eigenvalue weighted by Crippen LogP contribution is -2.33. The number of rotatable bonds is 7. The summed E-state index contributed by atoms with van der Waals surface area (Å²) < 4.78 is 0. The molecule has 1 aromatic carbocycles. The van der Waals surface area contributed by atoms with E-state index in [0.717, 1.165) is 64.2 Å². The van der Waals surface area contributed by atoms with E-state index in [1.807, 2.05) is 38.1 Å². The van der Waals surface area contributed by atoms with Crippen LogP contribution < -0.4 is 4.90 Å². The third-order valence-electron chi connectivity index (χ3n) is 6.42. The average Bonchev–Trinajstić information content (AvgIpc) is 3.53. The fourth-order valence-electron chi connectivity index (χ4n) is 4.46. The molecule has 5 rings (SSSR count). The second-order valence-corrected chi connectivity index (χ2v) is 8.64. The van der Waals surface area contributed by atoms with Crippen LogP contribution >= 0.6 is 0 Å². The number of hydrogen-bond donors (Lipinski definition) is 1. The predicted molar refractivity (Wildman–Crippen MR) is 124 cm³/mol. The van der Waals surface area contributed by atoms with Crippen molar-refractivity contribution in [3.8, 4) is 11.4 Å². The number of pyridine rings is 1. The molecule has 7 nitrogen and oxygen atoms in total. The van der Waals surface area contributed by atoms with Crippen LogP contribution in [0.3, 0.4) is 0 Å². The number of aryl methyl sites for hydroxylation is 2. The van der Waals surface area contributed by atoms with Crippen molar-refractivity contribution in [3.63, 3.8) is 0 Å². The van der Waals surface area contributed by atoms with Gasteiger partial charge in [-0.15, -0.1) is 5.10 Å². The number of nitrogens with zero attached hydrogens (tertiary/aromatic N) is 5. The van der Waals surface area contributed by atoms with Gasteiger partial charge in [-0.2, -0.15) is 5.10 Å². The zero-order valence-electron chi connectivity index (χ0n) is 18.5. The number of aromatic amines is 1. The molecule has 2 atom stereocenters. The van der Waals surface area contributed by atoms with Crippen LogP contribution in [0.2, 0.25) is 0 Å². The Kier molecular flexibility index (Phi) is 5.17. The van der Waals surface area contributed by atoms with Gasteiger partial charge in [-0.25, -0.2) is 4.98 Å². The number of nitrogens with one attached hydrogen (secondary N) is 1. The van der Waals surface area contributed by atoms with E-state index in [1.54, 1.807) is 6.33 Å². The second kappa shape index (κ2) is 8.15. The maximum absolute atomic E-state index is 12.3. The molecule has 1 aliphatic carbocycles. The Morgan fingerprint density at radius 3 is 2.56 bits per heavy atom. The van der Waals surface area contributed by atoms with Gasteiger partial charge in [0, 0.05) is 24.3 Å². The second-order valence-electron chi connectivity index (χ2n) is 8.64. The fourth-order valence-corrected chi connectivity index (χ4v) is 4.46. The number of aldehydes is 1. The molecule has 1 N–H and O–H groups in total. The molecule has 1 aliphatic rings. The minimum Gasteiger partial charge on any atom is -0.367 e. The third-order valence-corrected chi connectivity index (χ3v) is 6.42. The van der Waals surface area contributed by atoms with Gasteiger partial charge in [-0.1, -0.05) is 6.07 Å². The van der Waals surface area contributed by atoms with Gasteiger partial charge in [0.25, 0.3) is 0 Å². The quantitative estimate of drug-likeness (QED) is 0.440. The summed E-state index contributed by atoms with van der Waals surface area (Å²) in [6, 6.07) is 14.0. The molecule has 0 spiro atoms. The molecule has 0 amide bonds. The molecule has 7 heteroatoms. The van der Waals surface area contributed by atoms with Gasteiger partial charge in [0.15, 0.2) is 0 Å². The summed E-state index contributed by atoms with van der Waals surface area (Å²) in [6.07, 6.45) is 5.02. The number of benzene rings is 1. The number of anilines is 1. The van der Waals surface area contributed by atoms with Crippen molar-refractivity contribution in [3.05, 3.63) is 65.7 Å². The molecule has 0 saturated heterocycles. The Morgan fingerprint density at radius 2 is 1.88 bits per heavy atom. The smallest absolute Gasteiger partial charge is 0.125 e. The van der Waals surface area contributed by atoms with Crippen molar-refractivity contribution in [2.24, 2.45) is 11.8 Å². The summed E-state index contributed by atoms with van der Waals surface area (Å²) in [5, 5.41) is 8.42. The van der Waals surface area contributed by atoms with Gasteiger partial charge in [0.1, 0.15) is 12.0 Å². The van der Waals surface area contributed by atoms with E-state index in [0.29, 0.717) is 5.92 Å².